The smallest absolute Gasteiger partial charge is 0.306 e. The zero-order chi connectivity index (χ0) is 22.0. The number of hydrogen-bond acceptors (Lipinski definition) is 3. The molecule has 0 bridgehead atoms. The van der Waals surface area contributed by atoms with Crippen LogP contribution in [0.15, 0.2) is 0 Å². The quantitative estimate of drug-likeness (QED) is 0.600. The second-order valence-electron chi connectivity index (χ2n) is 12.4. The van der Waals surface area contributed by atoms with Gasteiger partial charge in [-0.2, -0.15) is 0 Å². The van der Waals surface area contributed by atoms with Crippen LogP contribution in [0.25, 0.3) is 0 Å². The van der Waals surface area contributed by atoms with Crippen LogP contribution in [0.5, 0.6) is 0 Å². The number of rotatable bonds is 4. The minimum atomic E-state index is -0.680. The van der Waals surface area contributed by atoms with Crippen LogP contribution in [0.2, 0.25) is 0 Å². The third kappa shape index (κ3) is 3.27. The van der Waals surface area contributed by atoms with E-state index in [1.165, 1.54) is 25.7 Å². The first-order chi connectivity index (χ1) is 14.0. The van der Waals surface area contributed by atoms with E-state index >= 15 is 0 Å². The van der Waals surface area contributed by atoms with Crippen LogP contribution in [0.4, 0.5) is 0 Å². The van der Waals surface area contributed by atoms with E-state index in [0.717, 1.165) is 25.7 Å². The predicted molar refractivity (Wildman–Crippen MR) is 118 cm³/mol. The van der Waals surface area contributed by atoms with Crippen LogP contribution in [0, 0.1) is 58.2 Å². The summed E-state index contributed by atoms with van der Waals surface area (Å²) >= 11 is 0. The van der Waals surface area contributed by atoms with Gasteiger partial charge in [0.25, 0.3) is 0 Å². The Morgan fingerprint density at radius 2 is 1.60 bits per heavy atom. The van der Waals surface area contributed by atoms with Gasteiger partial charge in [0, 0.05) is 0 Å². The van der Waals surface area contributed by atoms with Crippen LogP contribution in [0.1, 0.15) is 86.0 Å². The first-order valence-electron chi connectivity index (χ1n) is 12.6. The van der Waals surface area contributed by atoms with E-state index in [-0.39, 0.29) is 34.9 Å². The van der Waals surface area contributed by atoms with Gasteiger partial charge in [-0.05, 0) is 104 Å². The molecule has 1 unspecified atom stereocenters. The Bertz CT molecular complexity index is 663. The number of carboxylic acids is 1. The molecule has 4 aliphatic rings. The van der Waals surface area contributed by atoms with Gasteiger partial charge in [-0.15, -0.1) is 0 Å². The van der Waals surface area contributed by atoms with Crippen LogP contribution in [-0.4, -0.2) is 33.5 Å². The summed E-state index contributed by atoms with van der Waals surface area (Å²) in [6.45, 7) is 11.3. The third-order valence-electron chi connectivity index (χ3n) is 11.0. The van der Waals surface area contributed by atoms with Crippen molar-refractivity contribution in [1.82, 2.24) is 0 Å². The number of fused-ring (bicyclic) bond motifs is 5. The molecule has 3 N–H and O–H groups in total. The molecule has 4 rings (SSSR count). The topological polar surface area (TPSA) is 77.8 Å². The van der Waals surface area contributed by atoms with Crippen molar-refractivity contribution in [3.05, 3.63) is 0 Å². The zero-order valence-corrected chi connectivity index (χ0v) is 19.7. The first kappa shape index (κ1) is 22.6. The lowest BCUT2D eigenvalue weighted by molar-refractivity contribution is -0.199. The van der Waals surface area contributed by atoms with Crippen LogP contribution < -0.4 is 0 Å². The molecule has 4 heteroatoms. The summed E-state index contributed by atoms with van der Waals surface area (Å²) in [6, 6.07) is 0. The van der Waals surface area contributed by atoms with Gasteiger partial charge in [0.05, 0.1) is 18.1 Å². The fourth-order valence-electron chi connectivity index (χ4n) is 9.45. The second-order valence-corrected chi connectivity index (χ2v) is 12.4. The molecule has 0 spiro atoms. The second kappa shape index (κ2) is 7.76. The van der Waals surface area contributed by atoms with Crippen molar-refractivity contribution in [3.63, 3.8) is 0 Å². The van der Waals surface area contributed by atoms with Gasteiger partial charge in [0.15, 0.2) is 0 Å². The Balaban J connectivity index is 1.59. The van der Waals surface area contributed by atoms with Crippen molar-refractivity contribution in [2.45, 2.75) is 98.2 Å². The molecule has 4 aliphatic carbocycles. The molecule has 0 radical (unpaired) electrons. The summed E-state index contributed by atoms with van der Waals surface area (Å²) in [5, 5.41) is 31.3. The molecule has 0 aromatic carbocycles. The van der Waals surface area contributed by atoms with Crippen molar-refractivity contribution < 1.29 is 20.1 Å². The molecule has 0 aromatic heterocycles. The van der Waals surface area contributed by atoms with Crippen molar-refractivity contribution in [3.8, 4) is 0 Å². The fourth-order valence-corrected chi connectivity index (χ4v) is 9.45. The van der Waals surface area contributed by atoms with E-state index in [0.29, 0.717) is 35.5 Å². The normalized spacial score (nSPS) is 52.6. The maximum absolute atomic E-state index is 11.6. The summed E-state index contributed by atoms with van der Waals surface area (Å²) in [6.07, 6.45) is 7.90. The van der Waals surface area contributed by atoms with Gasteiger partial charge in [-0.25, -0.2) is 0 Å². The molecule has 12 atom stereocenters. The number of hydrogen-bond donors (Lipinski definition) is 3. The Morgan fingerprint density at radius 1 is 0.967 bits per heavy atom. The van der Waals surface area contributed by atoms with Gasteiger partial charge in [-0.3, -0.25) is 4.79 Å². The summed E-state index contributed by atoms with van der Waals surface area (Å²) in [4.78, 5) is 11.4. The van der Waals surface area contributed by atoms with E-state index in [4.69, 9.17) is 0 Å². The molecule has 0 heterocycles. The number of carboxylic acid groups (broad SMARTS) is 1. The molecule has 0 amide bonds. The molecule has 4 nitrogen and oxygen atoms in total. The molecule has 30 heavy (non-hydrogen) atoms. The SMILES string of the molecule is CC(C[C@@H](C)[C@H]1CC[C@H]2[C@@H]3[C@H](O)[C@H](C)[C@@H]4C[C@H](O)CC[C@]4(C)[C@H]3CC[C@]12C)C(=O)O. The fraction of sp³-hybridized carbons (Fsp3) is 0.962. The summed E-state index contributed by atoms with van der Waals surface area (Å²) in [7, 11) is 0. The lowest BCUT2D eigenvalue weighted by atomic mass is 9.42. The minimum absolute atomic E-state index is 0.198. The minimum Gasteiger partial charge on any atom is -0.481 e. The highest BCUT2D eigenvalue weighted by atomic mass is 16.4. The standard InChI is InChI=1S/C26H44O4/c1-14(12-15(2)24(29)30)18-6-7-19-22-20(9-11-25(18,19)4)26(5)10-8-17(27)13-21(26)16(3)23(22)28/h14-23,27-28H,6-13H2,1-5H3,(H,29,30)/t14-,15?,16-,17-,18-,19+,20+,21+,22+,23-,25-,26-/m1/s1. The molecule has 0 aliphatic heterocycles. The van der Waals surface area contributed by atoms with Gasteiger partial charge in [0.1, 0.15) is 0 Å². The zero-order valence-electron chi connectivity index (χ0n) is 19.7. The number of aliphatic hydroxyl groups is 2. The third-order valence-corrected chi connectivity index (χ3v) is 11.0. The van der Waals surface area contributed by atoms with Gasteiger partial charge < -0.3 is 15.3 Å². The number of carbonyl (C=O) groups is 1. The van der Waals surface area contributed by atoms with E-state index in [2.05, 4.69) is 27.7 Å². The Kier molecular flexibility index (Phi) is 5.84. The van der Waals surface area contributed by atoms with Gasteiger partial charge in [0.2, 0.25) is 0 Å². The largest absolute Gasteiger partial charge is 0.481 e. The van der Waals surface area contributed by atoms with Crippen LogP contribution >= 0.6 is 0 Å². The lowest BCUT2D eigenvalue weighted by Gasteiger charge is -2.64. The molecule has 0 saturated heterocycles. The average molecular weight is 421 g/mol. The summed E-state index contributed by atoms with van der Waals surface area (Å²) < 4.78 is 0. The van der Waals surface area contributed by atoms with Crippen molar-refractivity contribution in [2.75, 3.05) is 0 Å². The van der Waals surface area contributed by atoms with Crippen LogP contribution in [-0.2, 0) is 4.79 Å². The Labute approximate surface area is 182 Å². The highest BCUT2D eigenvalue weighted by molar-refractivity contribution is 5.69. The van der Waals surface area contributed by atoms with E-state index in [9.17, 15) is 20.1 Å². The average Bonchev–Trinajstić information content (AvgIpc) is 3.04. The monoisotopic (exact) mass is 420 g/mol. The molecule has 0 aromatic rings. The van der Waals surface area contributed by atoms with Crippen molar-refractivity contribution in [2.24, 2.45) is 58.2 Å². The predicted octanol–water partition coefficient (Wildman–Crippen LogP) is 4.97. The summed E-state index contributed by atoms with van der Waals surface area (Å²) in [5.41, 5.74) is 0.461. The lowest BCUT2D eigenvalue weighted by Crippen LogP contribution is -2.61. The van der Waals surface area contributed by atoms with E-state index in [1.54, 1.807) is 0 Å². The molecule has 4 fully saturated rings. The van der Waals surface area contributed by atoms with E-state index < -0.39 is 5.97 Å². The molecule has 172 valence electrons. The number of aliphatic hydroxyl groups excluding tert-OH is 2. The highest BCUT2D eigenvalue weighted by Gasteiger charge is 2.64. The first-order valence-corrected chi connectivity index (χ1v) is 12.6. The Hall–Kier alpha value is -0.610. The van der Waals surface area contributed by atoms with Crippen molar-refractivity contribution >= 4 is 5.97 Å². The molecule has 4 saturated carbocycles. The van der Waals surface area contributed by atoms with Gasteiger partial charge >= 0.3 is 5.97 Å². The van der Waals surface area contributed by atoms with Crippen molar-refractivity contribution in [1.29, 1.82) is 0 Å². The van der Waals surface area contributed by atoms with E-state index in [1.807, 2.05) is 6.92 Å². The maximum atomic E-state index is 11.6. The molecular weight excluding hydrogens is 376 g/mol. The summed E-state index contributed by atoms with van der Waals surface area (Å²) in [5.74, 6) is 2.15. The number of aliphatic carboxylic acids is 1. The van der Waals surface area contributed by atoms with Crippen LogP contribution in [0.3, 0.4) is 0 Å². The molecular formula is C26H44O4. The van der Waals surface area contributed by atoms with Gasteiger partial charge in [-0.1, -0.05) is 34.6 Å². The highest BCUT2D eigenvalue weighted by Crippen LogP contribution is 2.69. The maximum Gasteiger partial charge on any atom is 0.306 e. The Morgan fingerprint density at radius 3 is 2.27 bits per heavy atom.